The molecule has 110 valence electrons. The summed E-state index contributed by atoms with van der Waals surface area (Å²) in [5, 5.41) is 4.57. The van der Waals surface area contributed by atoms with Crippen molar-refractivity contribution in [2.45, 2.75) is 6.92 Å². The zero-order valence-corrected chi connectivity index (χ0v) is 12.7. The molecule has 2 aromatic heterocycles. The molecule has 0 radical (unpaired) electrons. The van der Waals surface area contributed by atoms with Crippen LogP contribution < -0.4 is 5.43 Å². The van der Waals surface area contributed by atoms with Crippen molar-refractivity contribution in [3.63, 3.8) is 0 Å². The second-order valence-corrected chi connectivity index (χ2v) is 5.07. The van der Waals surface area contributed by atoms with Gasteiger partial charge in [-0.05, 0) is 36.8 Å². The molecule has 5 nitrogen and oxygen atoms in total. The first-order valence-electron chi connectivity index (χ1n) is 6.74. The van der Waals surface area contributed by atoms with Gasteiger partial charge in [0.15, 0.2) is 5.15 Å². The first-order chi connectivity index (χ1) is 10.7. The number of pyridine rings is 1. The number of nitrogens with zero attached hydrogens (tertiary/aromatic N) is 4. The largest absolute Gasteiger partial charge is 0.297 e. The Labute approximate surface area is 133 Å². The van der Waals surface area contributed by atoms with E-state index in [0.29, 0.717) is 16.7 Å². The van der Waals surface area contributed by atoms with Crippen LogP contribution in [-0.2, 0) is 0 Å². The number of aromatic nitrogens is 3. The van der Waals surface area contributed by atoms with Crippen LogP contribution in [0.5, 0.6) is 0 Å². The van der Waals surface area contributed by atoms with Gasteiger partial charge in [0.1, 0.15) is 17.8 Å². The molecule has 1 aromatic carbocycles. The predicted molar refractivity (Wildman–Crippen MR) is 88.8 cm³/mol. The molecule has 0 amide bonds. The van der Waals surface area contributed by atoms with Crippen LogP contribution >= 0.6 is 11.6 Å². The zero-order chi connectivity index (χ0) is 15.4. The molecule has 1 N–H and O–H groups in total. The monoisotopic (exact) mass is 311 g/mol. The maximum absolute atomic E-state index is 6.15. The van der Waals surface area contributed by atoms with Crippen molar-refractivity contribution in [3.05, 3.63) is 71.4 Å². The van der Waals surface area contributed by atoms with Crippen LogP contribution in [0, 0.1) is 6.92 Å². The quantitative estimate of drug-likeness (QED) is 0.591. The Balaban J connectivity index is 1.86. The highest BCUT2D eigenvalue weighted by Gasteiger charge is 2.08. The van der Waals surface area contributed by atoms with Crippen LogP contribution in [0.3, 0.4) is 0 Å². The average Bonchev–Trinajstić information content (AvgIpc) is 2.90. The highest BCUT2D eigenvalue weighted by atomic mass is 35.5. The van der Waals surface area contributed by atoms with Gasteiger partial charge in [0.05, 0.1) is 6.21 Å². The lowest BCUT2D eigenvalue weighted by Gasteiger charge is -2.06. The molecule has 0 bridgehead atoms. The third kappa shape index (κ3) is 3.15. The van der Waals surface area contributed by atoms with Crippen molar-refractivity contribution >= 4 is 23.6 Å². The summed E-state index contributed by atoms with van der Waals surface area (Å²) in [6.07, 6.45) is 5.01. The van der Waals surface area contributed by atoms with Gasteiger partial charge in [0, 0.05) is 11.9 Å². The molecular weight excluding hydrogens is 298 g/mol. The van der Waals surface area contributed by atoms with Crippen molar-refractivity contribution in [1.29, 1.82) is 0 Å². The molecule has 3 rings (SSSR count). The molecule has 0 saturated heterocycles. The van der Waals surface area contributed by atoms with Crippen molar-refractivity contribution in [2.75, 3.05) is 5.43 Å². The smallest absolute Gasteiger partial charge is 0.156 e. The third-order valence-electron chi connectivity index (χ3n) is 3.07. The fourth-order valence-electron chi connectivity index (χ4n) is 2.02. The summed E-state index contributed by atoms with van der Waals surface area (Å²) < 4.78 is 1.89. The molecule has 22 heavy (non-hydrogen) atoms. The minimum absolute atomic E-state index is 0.396. The summed E-state index contributed by atoms with van der Waals surface area (Å²) in [4.78, 5) is 8.27. The maximum atomic E-state index is 6.15. The minimum atomic E-state index is 0.396. The molecule has 3 aromatic rings. The van der Waals surface area contributed by atoms with E-state index in [0.717, 1.165) is 11.3 Å². The van der Waals surface area contributed by atoms with E-state index >= 15 is 0 Å². The second kappa shape index (κ2) is 6.41. The summed E-state index contributed by atoms with van der Waals surface area (Å²) in [5.74, 6) is 0.663. The van der Waals surface area contributed by atoms with E-state index in [9.17, 15) is 0 Å². The summed E-state index contributed by atoms with van der Waals surface area (Å²) >= 11 is 6.15. The number of hydrogen-bond donors (Lipinski definition) is 1. The van der Waals surface area contributed by atoms with Crippen LogP contribution in [-0.4, -0.2) is 20.7 Å². The van der Waals surface area contributed by atoms with Crippen molar-refractivity contribution in [3.8, 4) is 5.69 Å². The molecule has 0 aliphatic heterocycles. The first kappa shape index (κ1) is 14.3. The number of halogens is 1. The minimum Gasteiger partial charge on any atom is -0.297 e. The fourth-order valence-corrected chi connectivity index (χ4v) is 2.21. The second-order valence-electron chi connectivity index (χ2n) is 4.71. The van der Waals surface area contributed by atoms with Crippen LogP contribution in [0.25, 0.3) is 5.69 Å². The van der Waals surface area contributed by atoms with Crippen molar-refractivity contribution in [1.82, 2.24) is 14.5 Å². The molecule has 0 fully saturated rings. The molecule has 0 unspecified atom stereocenters. The lowest BCUT2D eigenvalue weighted by molar-refractivity contribution is 1.04. The lowest BCUT2D eigenvalue weighted by Crippen LogP contribution is -2.00. The summed E-state index contributed by atoms with van der Waals surface area (Å²) in [6, 6.07) is 13.6. The molecule has 2 heterocycles. The number of anilines is 1. The Morgan fingerprint density at radius 2 is 2.09 bits per heavy atom. The van der Waals surface area contributed by atoms with Gasteiger partial charge in [0.25, 0.3) is 0 Å². The first-order valence-corrected chi connectivity index (χ1v) is 7.12. The number of nitrogens with one attached hydrogen (secondary N) is 1. The van der Waals surface area contributed by atoms with E-state index in [4.69, 9.17) is 11.6 Å². The molecule has 0 saturated carbocycles. The van der Waals surface area contributed by atoms with E-state index in [2.05, 4.69) is 26.6 Å². The summed E-state index contributed by atoms with van der Waals surface area (Å²) in [5.41, 5.74) is 5.71. The van der Waals surface area contributed by atoms with Crippen molar-refractivity contribution in [2.24, 2.45) is 5.10 Å². The SMILES string of the molecule is Cc1cccc(-n2cnc(Cl)c2/C=N/Nc2ccccn2)c1. The molecular formula is C16H14ClN5. The summed E-state index contributed by atoms with van der Waals surface area (Å²) in [6.45, 7) is 2.04. The number of hydrogen-bond acceptors (Lipinski definition) is 4. The third-order valence-corrected chi connectivity index (χ3v) is 3.36. The van der Waals surface area contributed by atoms with Crippen LogP contribution in [0.1, 0.15) is 11.3 Å². The molecule has 6 heteroatoms. The average molecular weight is 312 g/mol. The molecule has 0 aliphatic rings. The Morgan fingerprint density at radius 1 is 1.18 bits per heavy atom. The van der Waals surface area contributed by atoms with E-state index in [1.807, 2.05) is 47.9 Å². The van der Waals surface area contributed by atoms with E-state index in [1.165, 1.54) is 0 Å². The number of imidazole rings is 1. The fraction of sp³-hybridized carbons (Fsp3) is 0.0625. The topological polar surface area (TPSA) is 55.1 Å². The van der Waals surface area contributed by atoms with Crippen LogP contribution in [0.4, 0.5) is 5.82 Å². The number of aryl methyl sites for hydroxylation is 1. The number of benzene rings is 1. The standard InChI is InChI=1S/C16H14ClN5/c1-12-5-4-6-13(9-12)22-11-19-16(17)14(22)10-20-21-15-7-2-3-8-18-15/h2-11H,1H3,(H,18,21)/b20-10+. The molecule has 0 aliphatic carbocycles. The Hall–Kier alpha value is -2.66. The van der Waals surface area contributed by atoms with E-state index < -0.39 is 0 Å². The van der Waals surface area contributed by atoms with Gasteiger partial charge in [-0.1, -0.05) is 29.8 Å². The highest BCUT2D eigenvalue weighted by Crippen LogP contribution is 2.18. The Morgan fingerprint density at radius 3 is 2.86 bits per heavy atom. The van der Waals surface area contributed by atoms with Crippen LogP contribution in [0.15, 0.2) is 60.1 Å². The Kier molecular flexibility index (Phi) is 4.16. The van der Waals surface area contributed by atoms with E-state index in [1.54, 1.807) is 18.7 Å². The summed E-state index contributed by atoms with van der Waals surface area (Å²) in [7, 11) is 0. The van der Waals surface area contributed by atoms with E-state index in [-0.39, 0.29) is 0 Å². The number of hydrazone groups is 1. The molecule has 0 spiro atoms. The number of rotatable bonds is 4. The maximum Gasteiger partial charge on any atom is 0.156 e. The normalized spacial score (nSPS) is 11.0. The van der Waals surface area contributed by atoms with Gasteiger partial charge < -0.3 is 0 Å². The zero-order valence-electron chi connectivity index (χ0n) is 11.9. The van der Waals surface area contributed by atoms with Gasteiger partial charge in [-0.2, -0.15) is 5.10 Å². The predicted octanol–water partition coefficient (Wildman–Crippen LogP) is 3.68. The lowest BCUT2D eigenvalue weighted by atomic mass is 10.2. The highest BCUT2D eigenvalue weighted by molar-refractivity contribution is 6.31. The van der Waals surface area contributed by atoms with Crippen LogP contribution in [0.2, 0.25) is 5.15 Å². The van der Waals surface area contributed by atoms with Crippen molar-refractivity contribution < 1.29 is 0 Å². The Bertz CT molecular complexity index is 795. The van der Waals surface area contributed by atoms with Gasteiger partial charge in [0.2, 0.25) is 0 Å². The molecule has 0 atom stereocenters. The van der Waals surface area contributed by atoms with Gasteiger partial charge in [-0.25, -0.2) is 9.97 Å². The van der Waals surface area contributed by atoms with Gasteiger partial charge >= 0.3 is 0 Å². The van der Waals surface area contributed by atoms with Gasteiger partial charge in [-0.3, -0.25) is 9.99 Å². The van der Waals surface area contributed by atoms with Gasteiger partial charge in [-0.15, -0.1) is 0 Å².